The minimum absolute atomic E-state index is 0.228. The number of carbonyl (C=O) groups is 2. The molecule has 1 fully saturated rings. The Morgan fingerprint density at radius 3 is 2.92 bits per heavy atom. The molecule has 1 atom stereocenters. The van der Waals surface area contributed by atoms with E-state index in [1.165, 1.54) is 6.08 Å². The van der Waals surface area contributed by atoms with Gasteiger partial charge in [-0.2, -0.15) is 0 Å². The van der Waals surface area contributed by atoms with E-state index in [-0.39, 0.29) is 18.9 Å². The summed E-state index contributed by atoms with van der Waals surface area (Å²) in [4.78, 5) is 23.6. The zero-order valence-electron chi connectivity index (χ0n) is 7.12. The number of nitrogens with one attached hydrogen (secondary N) is 1. The molecule has 0 aromatic rings. The average molecular weight is 178 g/mol. The number of hydrogen-bond donors (Lipinski definition) is 1. The molecule has 13 heavy (non-hydrogen) atoms. The van der Waals surface area contributed by atoms with Crippen LogP contribution in [0, 0.1) is 12.3 Å². The number of imide groups is 1. The van der Waals surface area contributed by atoms with Crippen molar-refractivity contribution in [1.82, 2.24) is 10.2 Å². The van der Waals surface area contributed by atoms with E-state index in [2.05, 4.69) is 17.8 Å². The fourth-order valence-corrected chi connectivity index (χ4v) is 1.14. The van der Waals surface area contributed by atoms with Crippen molar-refractivity contribution in [2.45, 2.75) is 12.5 Å². The number of amides is 3. The Morgan fingerprint density at radius 2 is 2.38 bits per heavy atom. The highest BCUT2D eigenvalue weighted by Gasteiger charge is 2.36. The van der Waals surface area contributed by atoms with Gasteiger partial charge >= 0.3 is 6.03 Å². The van der Waals surface area contributed by atoms with E-state index in [0.717, 1.165) is 4.90 Å². The lowest BCUT2D eigenvalue weighted by Crippen LogP contribution is -2.31. The van der Waals surface area contributed by atoms with Gasteiger partial charge in [-0.05, 0) is 0 Å². The first-order valence-electron chi connectivity index (χ1n) is 3.87. The van der Waals surface area contributed by atoms with Crippen molar-refractivity contribution in [2.75, 3.05) is 6.54 Å². The summed E-state index contributed by atoms with van der Waals surface area (Å²) in [6.07, 6.45) is 6.77. The Morgan fingerprint density at radius 1 is 1.69 bits per heavy atom. The van der Waals surface area contributed by atoms with Crippen molar-refractivity contribution in [1.29, 1.82) is 0 Å². The predicted octanol–water partition coefficient (Wildman–Crippen LogP) is 0.116. The zero-order chi connectivity index (χ0) is 9.84. The number of carbonyl (C=O) groups excluding carboxylic acids is 2. The number of nitrogens with zero attached hydrogens (tertiary/aromatic N) is 1. The van der Waals surface area contributed by atoms with E-state index < -0.39 is 12.1 Å². The van der Waals surface area contributed by atoms with Crippen LogP contribution >= 0.6 is 0 Å². The van der Waals surface area contributed by atoms with Crippen molar-refractivity contribution in [3.63, 3.8) is 0 Å². The number of urea groups is 1. The van der Waals surface area contributed by atoms with Gasteiger partial charge in [0.25, 0.3) is 5.91 Å². The van der Waals surface area contributed by atoms with Crippen LogP contribution in [0.2, 0.25) is 0 Å². The third-order valence-electron chi connectivity index (χ3n) is 1.74. The summed E-state index contributed by atoms with van der Waals surface area (Å²) < 4.78 is 0. The van der Waals surface area contributed by atoms with Gasteiger partial charge in [0.2, 0.25) is 0 Å². The quantitative estimate of drug-likeness (QED) is 0.379. The van der Waals surface area contributed by atoms with Gasteiger partial charge in [-0.1, -0.05) is 6.08 Å². The van der Waals surface area contributed by atoms with Crippen LogP contribution in [0.25, 0.3) is 0 Å². The Balaban J connectivity index is 2.70. The van der Waals surface area contributed by atoms with Crippen LogP contribution in [0.5, 0.6) is 0 Å². The minimum Gasteiger partial charge on any atom is -0.325 e. The average Bonchev–Trinajstić information content (AvgIpc) is 2.34. The van der Waals surface area contributed by atoms with Gasteiger partial charge in [0.05, 0.1) is 0 Å². The molecule has 0 spiro atoms. The molecule has 0 radical (unpaired) electrons. The molecule has 3 amide bonds. The lowest BCUT2D eigenvalue weighted by atomic mass is 10.2. The molecular weight excluding hydrogens is 168 g/mol. The Kier molecular flexibility index (Phi) is 2.70. The maximum atomic E-state index is 11.4. The van der Waals surface area contributed by atoms with Gasteiger partial charge in [-0.25, -0.2) is 4.79 Å². The SMILES string of the molecule is C#CCC1NC(=O)N(CC=C)C1=O. The molecule has 4 nitrogen and oxygen atoms in total. The zero-order valence-corrected chi connectivity index (χ0v) is 7.12. The highest BCUT2D eigenvalue weighted by molar-refractivity contribution is 6.04. The molecule has 0 bridgehead atoms. The summed E-state index contributed by atoms with van der Waals surface area (Å²) in [5.74, 6) is 2.06. The van der Waals surface area contributed by atoms with Gasteiger partial charge in [0.15, 0.2) is 0 Å². The smallest absolute Gasteiger partial charge is 0.325 e. The third kappa shape index (κ3) is 1.70. The van der Waals surface area contributed by atoms with Crippen molar-refractivity contribution in [3.05, 3.63) is 12.7 Å². The monoisotopic (exact) mass is 178 g/mol. The van der Waals surface area contributed by atoms with Crippen molar-refractivity contribution < 1.29 is 9.59 Å². The number of hydrogen-bond acceptors (Lipinski definition) is 2. The maximum Gasteiger partial charge on any atom is 0.325 e. The number of terminal acetylenes is 1. The lowest BCUT2D eigenvalue weighted by molar-refractivity contribution is -0.126. The fraction of sp³-hybridized carbons (Fsp3) is 0.333. The molecule has 0 aromatic heterocycles. The molecule has 0 aliphatic carbocycles. The van der Waals surface area contributed by atoms with Gasteiger partial charge in [0, 0.05) is 13.0 Å². The standard InChI is InChI=1S/C9H10N2O2/c1-3-5-7-8(12)11(6-4-2)9(13)10-7/h1,4,7H,2,5-6H2,(H,10,13). The summed E-state index contributed by atoms with van der Waals surface area (Å²) in [7, 11) is 0. The summed E-state index contributed by atoms with van der Waals surface area (Å²) >= 11 is 0. The summed E-state index contributed by atoms with van der Waals surface area (Å²) in [6, 6.07) is -0.956. The predicted molar refractivity (Wildman–Crippen MR) is 47.7 cm³/mol. The molecule has 1 saturated heterocycles. The van der Waals surface area contributed by atoms with Crippen molar-refractivity contribution in [3.8, 4) is 12.3 Å². The maximum absolute atomic E-state index is 11.4. The Bertz CT molecular complexity index is 290. The van der Waals surface area contributed by atoms with Gasteiger partial charge in [-0.15, -0.1) is 18.9 Å². The first-order valence-corrected chi connectivity index (χ1v) is 3.87. The topological polar surface area (TPSA) is 49.4 Å². The summed E-state index contributed by atoms with van der Waals surface area (Å²) in [5.41, 5.74) is 0. The first kappa shape index (κ1) is 9.33. The molecule has 1 aliphatic rings. The van der Waals surface area contributed by atoms with E-state index in [1.807, 2.05) is 0 Å². The van der Waals surface area contributed by atoms with E-state index in [4.69, 9.17) is 6.42 Å². The van der Waals surface area contributed by atoms with Crippen LogP contribution in [0.3, 0.4) is 0 Å². The van der Waals surface area contributed by atoms with Crippen molar-refractivity contribution >= 4 is 11.9 Å². The molecule has 1 unspecified atom stereocenters. The highest BCUT2D eigenvalue weighted by atomic mass is 16.2. The second kappa shape index (κ2) is 3.76. The Hall–Kier alpha value is -1.76. The summed E-state index contributed by atoms with van der Waals surface area (Å²) in [5, 5.41) is 2.49. The van der Waals surface area contributed by atoms with Crippen LogP contribution in [-0.4, -0.2) is 29.4 Å². The lowest BCUT2D eigenvalue weighted by Gasteiger charge is -2.08. The van der Waals surface area contributed by atoms with E-state index in [9.17, 15) is 9.59 Å². The largest absolute Gasteiger partial charge is 0.325 e. The van der Waals surface area contributed by atoms with Crippen LogP contribution in [-0.2, 0) is 4.79 Å². The van der Waals surface area contributed by atoms with Crippen LogP contribution < -0.4 is 5.32 Å². The summed E-state index contributed by atoms with van der Waals surface area (Å²) in [6.45, 7) is 3.68. The van der Waals surface area contributed by atoms with E-state index >= 15 is 0 Å². The van der Waals surface area contributed by atoms with Gasteiger partial charge < -0.3 is 5.32 Å². The van der Waals surface area contributed by atoms with E-state index in [0.29, 0.717) is 0 Å². The molecule has 1 rings (SSSR count). The molecule has 0 aromatic carbocycles. The van der Waals surface area contributed by atoms with Crippen LogP contribution in [0.1, 0.15) is 6.42 Å². The molecular formula is C9H10N2O2. The van der Waals surface area contributed by atoms with Crippen LogP contribution in [0.15, 0.2) is 12.7 Å². The van der Waals surface area contributed by atoms with Crippen molar-refractivity contribution in [2.24, 2.45) is 0 Å². The molecule has 0 saturated carbocycles. The molecule has 68 valence electrons. The third-order valence-corrected chi connectivity index (χ3v) is 1.74. The Labute approximate surface area is 76.6 Å². The molecule has 1 N–H and O–H groups in total. The molecule has 1 heterocycles. The van der Waals surface area contributed by atoms with Gasteiger partial charge in [-0.3, -0.25) is 9.69 Å². The van der Waals surface area contributed by atoms with Gasteiger partial charge in [0.1, 0.15) is 6.04 Å². The van der Waals surface area contributed by atoms with Crippen LogP contribution in [0.4, 0.5) is 4.79 Å². The van der Waals surface area contributed by atoms with E-state index in [1.54, 1.807) is 0 Å². The number of rotatable bonds is 3. The fourth-order valence-electron chi connectivity index (χ4n) is 1.14. The second-order valence-electron chi connectivity index (χ2n) is 2.65. The second-order valence-corrected chi connectivity index (χ2v) is 2.65. The highest BCUT2D eigenvalue weighted by Crippen LogP contribution is 2.08. The normalized spacial score (nSPS) is 21.2. The molecule has 1 aliphatic heterocycles. The minimum atomic E-state index is -0.558. The molecule has 4 heteroatoms. The first-order chi connectivity index (χ1) is 6.20.